The third-order valence-corrected chi connectivity index (χ3v) is 6.93. The van der Waals surface area contributed by atoms with Crippen LogP contribution in [0.1, 0.15) is 62.3 Å². The minimum atomic E-state index is -0.846. The summed E-state index contributed by atoms with van der Waals surface area (Å²) < 4.78 is 32.7. The molecule has 1 aliphatic heterocycles. The lowest BCUT2D eigenvalue weighted by atomic mass is 9.79. The highest BCUT2D eigenvalue weighted by Gasteiger charge is 2.38. The number of benzene rings is 3. The Labute approximate surface area is 211 Å². The Morgan fingerprint density at radius 1 is 1.14 bits per heavy atom. The standard InChI is InChI=1S/C30H33FO5/c1-19(15-28(32)33)22-7-5-6-8-27(22)36-18-20-9-11-23(24-17-21(34-4)10-12-26(24)31)25(16-20)29-30(2,3)13-14-35-29/h5-12,16-17,19,29H,13-15,18H2,1-4H3,(H,32,33)/t19?,29-/m0/s1. The van der Waals surface area contributed by atoms with Gasteiger partial charge in [0.05, 0.1) is 19.6 Å². The summed E-state index contributed by atoms with van der Waals surface area (Å²) in [6.07, 6.45) is 0.744. The zero-order valence-corrected chi connectivity index (χ0v) is 21.2. The first-order valence-corrected chi connectivity index (χ1v) is 12.2. The van der Waals surface area contributed by atoms with Gasteiger partial charge in [-0.3, -0.25) is 4.79 Å². The molecule has 2 atom stereocenters. The van der Waals surface area contributed by atoms with Crippen molar-refractivity contribution in [1.82, 2.24) is 0 Å². The van der Waals surface area contributed by atoms with Crippen molar-refractivity contribution >= 4 is 5.97 Å². The van der Waals surface area contributed by atoms with Gasteiger partial charge in [0, 0.05) is 12.2 Å². The zero-order valence-electron chi connectivity index (χ0n) is 21.2. The number of carboxylic acids is 1. The molecular weight excluding hydrogens is 459 g/mol. The van der Waals surface area contributed by atoms with Crippen LogP contribution >= 0.6 is 0 Å². The molecule has 1 unspecified atom stereocenters. The molecule has 1 saturated heterocycles. The fourth-order valence-corrected chi connectivity index (χ4v) is 4.86. The van der Waals surface area contributed by atoms with Gasteiger partial charge in [-0.1, -0.05) is 51.1 Å². The number of methoxy groups -OCH3 is 1. The van der Waals surface area contributed by atoms with Crippen LogP contribution in [0.5, 0.6) is 11.5 Å². The average molecular weight is 493 g/mol. The summed E-state index contributed by atoms with van der Waals surface area (Å²) in [7, 11) is 1.57. The number of ether oxygens (including phenoxy) is 3. The first-order valence-electron chi connectivity index (χ1n) is 12.2. The maximum Gasteiger partial charge on any atom is 0.303 e. The van der Waals surface area contributed by atoms with Crippen LogP contribution in [0.2, 0.25) is 0 Å². The number of aliphatic carboxylic acids is 1. The Kier molecular flexibility index (Phi) is 7.65. The van der Waals surface area contributed by atoms with E-state index in [1.165, 1.54) is 6.07 Å². The summed E-state index contributed by atoms with van der Waals surface area (Å²) in [5, 5.41) is 9.21. The molecule has 3 aromatic carbocycles. The van der Waals surface area contributed by atoms with E-state index in [0.29, 0.717) is 23.7 Å². The molecule has 0 spiro atoms. The van der Waals surface area contributed by atoms with Gasteiger partial charge >= 0.3 is 5.97 Å². The molecule has 1 N–H and O–H groups in total. The fraction of sp³-hybridized carbons (Fsp3) is 0.367. The summed E-state index contributed by atoms with van der Waals surface area (Å²) in [6.45, 7) is 7.15. The predicted octanol–water partition coefficient (Wildman–Crippen LogP) is 7.15. The van der Waals surface area contributed by atoms with E-state index in [-0.39, 0.29) is 36.3 Å². The lowest BCUT2D eigenvalue weighted by Gasteiger charge is -2.28. The smallest absolute Gasteiger partial charge is 0.303 e. The maximum atomic E-state index is 15.0. The molecular formula is C30H33FO5. The van der Waals surface area contributed by atoms with Gasteiger partial charge in [0.25, 0.3) is 0 Å². The fourth-order valence-electron chi connectivity index (χ4n) is 4.86. The lowest BCUT2D eigenvalue weighted by molar-refractivity contribution is -0.137. The molecule has 0 aliphatic carbocycles. The van der Waals surface area contributed by atoms with Crippen LogP contribution in [-0.4, -0.2) is 24.8 Å². The number of rotatable bonds is 9. The number of carboxylic acid groups (broad SMARTS) is 1. The topological polar surface area (TPSA) is 65.0 Å². The Morgan fingerprint density at radius 3 is 2.61 bits per heavy atom. The molecule has 4 rings (SSSR count). The number of hydrogen-bond donors (Lipinski definition) is 1. The van der Waals surface area contributed by atoms with Crippen molar-refractivity contribution in [2.24, 2.45) is 5.41 Å². The van der Waals surface area contributed by atoms with Crippen molar-refractivity contribution in [3.05, 3.63) is 83.2 Å². The highest BCUT2D eigenvalue weighted by atomic mass is 19.1. The SMILES string of the molecule is COc1ccc(F)c(-c2ccc(COc3ccccc3C(C)CC(=O)O)cc2[C@@H]2OCCC2(C)C)c1. The number of hydrogen-bond acceptors (Lipinski definition) is 4. The molecule has 3 aromatic rings. The highest BCUT2D eigenvalue weighted by molar-refractivity contribution is 5.71. The number of halogens is 1. The van der Waals surface area contributed by atoms with Gasteiger partial charge in [-0.05, 0) is 70.3 Å². The monoisotopic (exact) mass is 492 g/mol. The molecule has 5 nitrogen and oxygen atoms in total. The van der Waals surface area contributed by atoms with Gasteiger partial charge in [0.15, 0.2) is 0 Å². The van der Waals surface area contributed by atoms with Crippen molar-refractivity contribution in [3.63, 3.8) is 0 Å². The van der Waals surface area contributed by atoms with E-state index in [2.05, 4.69) is 13.8 Å². The van der Waals surface area contributed by atoms with Gasteiger partial charge in [0.2, 0.25) is 0 Å². The molecule has 0 radical (unpaired) electrons. The predicted molar refractivity (Wildman–Crippen MR) is 137 cm³/mol. The molecule has 1 heterocycles. The van der Waals surface area contributed by atoms with Crippen molar-refractivity contribution in [3.8, 4) is 22.6 Å². The Morgan fingerprint density at radius 2 is 1.92 bits per heavy atom. The van der Waals surface area contributed by atoms with Crippen LogP contribution in [-0.2, 0) is 16.1 Å². The molecule has 1 fully saturated rings. The van der Waals surface area contributed by atoms with Gasteiger partial charge in [-0.2, -0.15) is 0 Å². The highest BCUT2D eigenvalue weighted by Crippen LogP contribution is 2.48. The maximum absolute atomic E-state index is 15.0. The van der Waals surface area contributed by atoms with E-state index < -0.39 is 5.97 Å². The Bertz CT molecular complexity index is 1240. The van der Waals surface area contributed by atoms with Crippen LogP contribution in [0.4, 0.5) is 4.39 Å². The van der Waals surface area contributed by atoms with Gasteiger partial charge in [-0.25, -0.2) is 4.39 Å². The minimum absolute atomic E-state index is 0.0272. The van der Waals surface area contributed by atoms with Crippen LogP contribution in [0, 0.1) is 11.2 Å². The van der Waals surface area contributed by atoms with Crippen molar-refractivity contribution in [2.45, 2.75) is 52.2 Å². The van der Waals surface area contributed by atoms with Crippen LogP contribution in [0.3, 0.4) is 0 Å². The second-order valence-corrected chi connectivity index (χ2v) is 10.1. The molecule has 0 bridgehead atoms. The Balaban J connectivity index is 1.69. The number of carbonyl (C=O) groups is 1. The van der Waals surface area contributed by atoms with Crippen molar-refractivity contribution in [1.29, 1.82) is 0 Å². The van der Waals surface area contributed by atoms with Crippen molar-refractivity contribution in [2.75, 3.05) is 13.7 Å². The molecule has 1 aliphatic rings. The lowest BCUT2D eigenvalue weighted by Crippen LogP contribution is -2.17. The third kappa shape index (κ3) is 5.54. The van der Waals surface area contributed by atoms with Crippen LogP contribution in [0.25, 0.3) is 11.1 Å². The number of para-hydroxylation sites is 1. The van der Waals surface area contributed by atoms with E-state index in [0.717, 1.165) is 28.7 Å². The van der Waals surface area contributed by atoms with E-state index in [4.69, 9.17) is 14.2 Å². The van der Waals surface area contributed by atoms with Crippen molar-refractivity contribution < 1.29 is 28.5 Å². The quantitative estimate of drug-likeness (QED) is 0.344. The van der Waals surface area contributed by atoms with E-state index in [1.54, 1.807) is 19.2 Å². The largest absolute Gasteiger partial charge is 0.497 e. The van der Waals surface area contributed by atoms with Crippen LogP contribution in [0.15, 0.2) is 60.7 Å². The second-order valence-electron chi connectivity index (χ2n) is 10.1. The first-order chi connectivity index (χ1) is 17.2. The van der Waals surface area contributed by atoms with Gasteiger partial charge in [0.1, 0.15) is 23.9 Å². The third-order valence-electron chi connectivity index (χ3n) is 6.93. The second kappa shape index (κ2) is 10.7. The molecule has 0 amide bonds. The minimum Gasteiger partial charge on any atom is -0.497 e. The summed E-state index contributed by atoms with van der Waals surface area (Å²) in [4.78, 5) is 11.2. The average Bonchev–Trinajstić information content (AvgIpc) is 3.21. The van der Waals surface area contributed by atoms with Crippen LogP contribution < -0.4 is 9.47 Å². The summed E-state index contributed by atoms with van der Waals surface area (Å²) in [5.74, 6) is -0.100. The van der Waals surface area contributed by atoms with E-state index >= 15 is 0 Å². The molecule has 0 aromatic heterocycles. The normalized spacial score (nSPS) is 17.5. The first kappa shape index (κ1) is 25.7. The Hall–Kier alpha value is -3.38. The molecule has 190 valence electrons. The summed E-state index contributed by atoms with van der Waals surface area (Å²) in [5.41, 5.74) is 3.82. The summed E-state index contributed by atoms with van der Waals surface area (Å²) >= 11 is 0. The van der Waals surface area contributed by atoms with Gasteiger partial charge in [-0.15, -0.1) is 0 Å². The van der Waals surface area contributed by atoms with E-state index in [9.17, 15) is 14.3 Å². The zero-order chi connectivity index (χ0) is 25.9. The molecule has 0 saturated carbocycles. The molecule has 36 heavy (non-hydrogen) atoms. The molecule has 6 heteroatoms. The van der Waals surface area contributed by atoms with Gasteiger partial charge < -0.3 is 19.3 Å². The summed E-state index contributed by atoms with van der Waals surface area (Å²) in [6, 6.07) is 18.2. The van der Waals surface area contributed by atoms with E-state index in [1.807, 2.05) is 49.4 Å².